The van der Waals surface area contributed by atoms with Crippen LogP contribution >= 0.6 is 0 Å². The highest BCUT2D eigenvalue weighted by molar-refractivity contribution is 5.94. The van der Waals surface area contributed by atoms with E-state index in [0.717, 1.165) is 11.3 Å². The molecule has 222 valence electrons. The van der Waals surface area contributed by atoms with Gasteiger partial charge in [0.05, 0.1) is 11.8 Å². The van der Waals surface area contributed by atoms with Crippen LogP contribution in [-0.2, 0) is 41.6 Å². The van der Waals surface area contributed by atoms with Gasteiger partial charge in [-0.3, -0.25) is 19.3 Å². The zero-order valence-electron chi connectivity index (χ0n) is 25.1. The van der Waals surface area contributed by atoms with Gasteiger partial charge in [0.1, 0.15) is 29.1 Å². The highest BCUT2D eigenvalue weighted by Gasteiger charge is 2.43. The summed E-state index contributed by atoms with van der Waals surface area (Å²) >= 11 is 0. The molecule has 1 aliphatic heterocycles. The molecule has 0 fully saturated rings. The highest BCUT2D eigenvalue weighted by atomic mass is 16.6. The number of hydrogen-bond acceptors (Lipinski definition) is 7. The Labute approximate surface area is 236 Å². The molecule has 40 heavy (non-hydrogen) atoms. The van der Waals surface area contributed by atoms with Gasteiger partial charge in [0, 0.05) is 37.9 Å². The van der Waals surface area contributed by atoms with Crippen LogP contribution in [0, 0.1) is 5.92 Å². The molecule has 11 nitrogen and oxygen atoms in total. The second kappa shape index (κ2) is 11.6. The number of amides is 3. The summed E-state index contributed by atoms with van der Waals surface area (Å²) in [4.78, 5) is 66.2. The van der Waals surface area contributed by atoms with E-state index < -0.39 is 65.0 Å². The van der Waals surface area contributed by atoms with Crippen molar-refractivity contribution in [3.63, 3.8) is 0 Å². The van der Waals surface area contributed by atoms with Crippen molar-refractivity contribution in [2.45, 2.75) is 116 Å². The van der Waals surface area contributed by atoms with Crippen molar-refractivity contribution in [2.75, 3.05) is 7.05 Å². The lowest BCUT2D eigenvalue weighted by atomic mass is 9.79. The summed E-state index contributed by atoms with van der Waals surface area (Å²) in [6.07, 6.45) is 2.44. The smallest absolute Gasteiger partial charge is 0.410 e. The fraction of sp³-hybridized carbons (Fsp3) is 0.690. The van der Waals surface area contributed by atoms with E-state index in [1.807, 2.05) is 16.8 Å². The Morgan fingerprint density at radius 1 is 1.05 bits per heavy atom. The van der Waals surface area contributed by atoms with E-state index in [0.29, 0.717) is 12.8 Å². The number of Topliss-reactive ketones (excluding diaryl/α,β-unsaturated/α-hetero) is 1. The van der Waals surface area contributed by atoms with Gasteiger partial charge in [-0.1, -0.05) is 0 Å². The molecule has 0 spiro atoms. The molecule has 0 radical (unpaired) electrons. The minimum atomic E-state index is -0.869. The monoisotopic (exact) mass is 560 g/mol. The third-order valence-corrected chi connectivity index (χ3v) is 7.19. The third kappa shape index (κ3) is 7.42. The van der Waals surface area contributed by atoms with E-state index in [1.165, 1.54) is 11.9 Å². The van der Waals surface area contributed by atoms with Gasteiger partial charge in [0.15, 0.2) is 0 Å². The van der Waals surface area contributed by atoms with Crippen LogP contribution in [0.15, 0.2) is 12.3 Å². The zero-order chi connectivity index (χ0) is 30.2. The van der Waals surface area contributed by atoms with Crippen molar-refractivity contribution in [3.05, 3.63) is 23.5 Å². The second-order valence-corrected chi connectivity index (χ2v) is 12.9. The van der Waals surface area contributed by atoms with Crippen molar-refractivity contribution in [1.29, 1.82) is 0 Å². The van der Waals surface area contributed by atoms with Gasteiger partial charge in [-0.25, -0.2) is 9.59 Å². The van der Waals surface area contributed by atoms with E-state index in [9.17, 15) is 24.0 Å². The van der Waals surface area contributed by atoms with E-state index in [2.05, 4.69) is 10.6 Å². The van der Waals surface area contributed by atoms with Crippen LogP contribution in [0.2, 0.25) is 0 Å². The predicted molar refractivity (Wildman–Crippen MR) is 147 cm³/mol. The second-order valence-electron chi connectivity index (χ2n) is 12.9. The number of carbonyl (C=O) groups is 5. The molecule has 2 N–H and O–H groups in total. The quantitative estimate of drug-likeness (QED) is 0.511. The molecule has 0 bridgehead atoms. The number of nitrogens with zero attached hydrogens (tertiary/aromatic N) is 2. The molecule has 1 aromatic heterocycles. The van der Waals surface area contributed by atoms with Gasteiger partial charge in [-0.05, 0) is 79.9 Å². The van der Waals surface area contributed by atoms with Crippen molar-refractivity contribution in [2.24, 2.45) is 5.92 Å². The number of aryl methyl sites for hydroxylation is 1. The van der Waals surface area contributed by atoms with Crippen LogP contribution in [0.25, 0.3) is 0 Å². The summed E-state index contributed by atoms with van der Waals surface area (Å²) in [7, 11) is 1.50. The first kappa shape index (κ1) is 31.2. The molecule has 5 atom stereocenters. The maximum atomic E-state index is 13.7. The van der Waals surface area contributed by atoms with E-state index in [-0.39, 0.29) is 18.7 Å². The average Bonchev–Trinajstić information content (AvgIpc) is 3.15. The molecular weight excluding hydrogens is 516 g/mol. The molecule has 5 unspecified atom stereocenters. The first-order valence-electron chi connectivity index (χ1n) is 13.9. The number of nitrogens with one attached hydrogen (secondary N) is 2. The van der Waals surface area contributed by atoms with Gasteiger partial charge >= 0.3 is 12.1 Å². The maximum absolute atomic E-state index is 13.7. The average molecular weight is 561 g/mol. The normalized spacial score (nSPS) is 22.2. The number of ketones is 1. The Bertz CT molecular complexity index is 1160. The molecular formula is C29H44N4O7. The van der Waals surface area contributed by atoms with Crippen LogP contribution in [0.1, 0.15) is 85.4 Å². The lowest BCUT2D eigenvalue weighted by molar-refractivity contribution is -0.158. The number of rotatable bonds is 6. The Morgan fingerprint density at radius 3 is 2.27 bits per heavy atom. The van der Waals surface area contributed by atoms with Crippen LogP contribution in [0.3, 0.4) is 0 Å². The number of ether oxygens (including phenoxy) is 2. The Hall–Kier alpha value is -3.37. The van der Waals surface area contributed by atoms with E-state index in [1.54, 1.807) is 55.4 Å². The summed E-state index contributed by atoms with van der Waals surface area (Å²) in [5.41, 5.74) is 0.440. The van der Waals surface area contributed by atoms with Gasteiger partial charge in [-0.15, -0.1) is 0 Å². The Morgan fingerprint density at radius 2 is 1.68 bits per heavy atom. The van der Waals surface area contributed by atoms with Gasteiger partial charge in [-0.2, -0.15) is 0 Å². The Balaban J connectivity index is 1.74. The maximum Gasteiger partial charge on any atom is 0.410 e. The molecule has 3 rings (SSSR count). The van der Waals surface area contributed by atoms with Crippen molar-refractivity contribution in [3.8, 4) is 0 Å². The third-order valence-electron chi connectivity index (χ3n) is 7.19. The zero-order valence-corrected chi connectivity index (χ0v) is 25.1. The minimum absolute atomic E-state index is 0.0294. The summed E-state index contributed by atoms with van der Waals surface area (Å²) < 4.78 is 12.7. The minimum Gasteiger partial charge on any atom is -0.458 e. The standard InChI is InChI=1S/C29H44N4O7/c1-16(26(37)39-28(3,4)5)30-25(36)19-14-21(34)22-20(11-10-18-12-13-33(15-19)23(18)22)31-24(35)17(2)32(9)27(38)40-29(6,7)8/h12-13,16-17,19-20,22H,10-11,14-15H2,1-9H3,(H,30,36)(H,31,35). The number of carbonyl (C=O) groups excluding carboxylic acids is 5. The van der Waals surface area contributed by atoms with Gasteiger partial charge in [0.2, 0.25) is 11.8 Å². The number of likely N-dealkylation sites (N-methyl/N-ethyl adjacent to an activating group) is 1. The molecule has 0 aromatic carbocycles. The van der Waals surface area contributed by atoms with E-state index in [4.69, 9.17) is 9.47 Å². The first-order chi connectivity index (χ1) is 18.4. The summed E-state index contributed by atoms with van der Waals surface area (Å²) in [6, 6.07) is -0.224. The summed E-state index contributed by atoms with van der Waals surface area (Å²) in [5.74, 6) is -2.80. The van der Waals surface area contributed by atoms with Crippen molar-refractivity contribution in [1.82, 2.24) is 20.1 Å². The number of aromatic nitrogens is 1. The molecule has 0 saturated carbocycles. The Kier molecular flexibility index (Phi) is 9.06. The van der Waals surface area contributed by atoms with Crippen molar-refractivity contribution >= 4 is 29.7 Å². The van der Waals surface area contributed by atoms with Crippen molar-refractivity contribution < 1.29 is 33.4 Å². The van der Waals surface area contributed by atoms with Gasteiger partial charge < -0.3 is 24.7 Å². The fourth-order valence-corrected chi connectivity index (χ4v) is 5.08. The molecule has 11 heteroatoms. The predicted octanol–water partition coefficient (Wildman–Crippen LogP) is 2.69. The molecule has 0 saturated heterocycles. The first-order valence-corrected chi connectivity index (χ1v) is 13.9. The van der Waals surface area contributed by atoms with Gasteiger partial charge in [0.25, 0.3) is 0 Å². The highest BCUT2D eigenvalue weighted by Crippen LogP contribution is 2.38. The topological polar surface area (TPSA) is 136 Å². The lowest BCUT2D eigenvalue weighted by Gasteiger charge is -2.34. The molecule has 2 heterocycles. The molecule has 3 amide bonds. The lowest BCUT2D eigenvalue weighted by Crippen LogP contribution is -2.52. The summed E-state index contributed by atoms with van der Waals surface area (Å²) in [5, 5.41) is 5.70. The SMILES string of the molecule is CC(NC(=O)C1CC(=O)C2c3c(ccn3C1)CCC2NC(=O)C(C)N(C)C(=O)OC(C)(C)C)C(=O)OC(C)(C)C. The summed E-state index contributed by atoms with van der Waals surface area (Å²) in [6.45, 7) is 14.0. The fourth-order valence-electron chi connectivity index (χ4n) is 5.08. The molecule has 2 aliphatic rings. The van der Waals surface area contributed by atoms with E-state index >= 15 is 0 Å². The van der Waals surface area contributed by atoms with Crippen LogP contribution in [0.4, 0.5) is 4.79 Å². The largest absolute Gasteiger partial charge is 0.458 e. The number of esters is 1. The van der Waals surface area contributed by atoms with Crippen LogP contribution in [0.5, 0.6) is 0 Å². The molecule has 1 aliphatic carbocycles. The number of hydrogen-bond donors (Lipinski definition) is 2. The van der Waals surface area contributed by atoms with Crippen LogP contribution < -0.4 is 10.6 Å². The van der Waals surface area contributed by atoms with Crippen LogP contribution in [-0.4, -0.2) is 75.5 Å². The molecule has 1 aromatic rings.